The van der Waals surface area contributed by atoms with Crippen LogP contribution in [0.3, 0.4) is 0 Å². The Balaban J connectivity index is 2.10. The van der Waals surface area contributed by atoms with Crippen LogP contribution < -0.4 is 10.5 Å². The van der Waals surface area contributed by atoms with E-state index >= 15 is 0 Å². The number of hydrogen-bond donors (Lipinski definition) is 1. The summed E-state index contributed by atoms with van der Waals surface area (Å²) in [7, 11) is 1.46. The third-order valence-corrected chi connectivity index (χ3v) is 2.65. The molecule has 0 saturated heterocycles. The van der Waals surface area contributed by atoms with Crippen LogP contribution in [0.1, 0.15) is 16.1 Å². The molecule has 0 atom stereocenters. The monoisotopic (exact) mass is 294 g/mol. The number of hydrogen-bond acceptors (Lipinski definition) is 5. The molecule has 0 spiro atoms. The molecule has 0 unspecified atom stereocenters. The summed E-state index contributed by atoms with van der Waals surface area (Å²) in [6.07, 6.45) is 0. The van der Waals surface area contributed by atoms with Crippen LogP contribution in [0.2, 0.25) is 0 Å². The molecule has 1 heterocycles. The number of aromatic nitrogens is 1. The van der Waals surface area contributed by atoms with Crippen molar-refractivity contribution >= 4 is 11.7 Å². The van der Waals surface area contributed by atoms with Gasteiger partial charge in [0.15, 0.2) is 11.6 Å². The molecule has 0 bridgehead atoms. The Bertz CT molecular complexity index is 677. The van der Waals surface area contributed by atoms with Crippen LogP contribution in [0, 0.1) is 11.6 Å². The zero-order chi connectivity index (χ0) is 15.4. The summed E-state index contributed by atoms with van der Waals surface area (Å²) in [4.78, 5) is 15.9. The summed E-state index contributed by atoms with van der Waals surface area (Å²) in [5.74, 6) is -2.79. The topological polar surface area (TPSA) is 74.4 Å². The maximum absolute atomic E-state index is 13.1. The van der Waals surface area contributed by atoms with Gasteiger partial charge in [-0.25, -0.2) is 18.6 Å². The lowest BCUT2D eigenvalue weighted by Gasteiger charge is -2.08. The number of anilines is 1. The first-order valence-corrected chi connectivity index (χ1v) is 5.93. The van der Waals surface area contributed by atoms with Crippen LogP contribution in [0.4, 0.5) is 14.5 Å². The van der Waals surface area contributed by atoms with Gasteiger partial charge in [-0.3, -0.25) is 0 Å². The molecule has 7 heteroatoms. The van der Waals surface area contributed by atoms with Crippen LogP contribution in [0.25, 0.3) is 0 Å². The minimum Gasteiger partial charge on any atom is -0.481 e. The summed E-state index contributed by atoms with van der Waals surface area (Å²) in [6, 6.07) is 6.38. The van der Waals surface area contributed by atoms with Crippen molar-refractivity contribution in [2.45, 2.75) is 6.61 Å². The minimum absolute atomic E-state index is 0.144. The van der Waals surface area contributed by atoms with Crippen molar-refractivity contribution in [1.82, 2.24) is 4.98 Å². The fraction of sp³-hybridized carbons (Fsp3) is 0.143. The first-order chi connectivity index (χ1) is 10.0. The highest BCUT2D eigenvalue weighted by molar-refractivity contribution is 5.95. The molecule has 1 aromatic heterocycles. The van der Waals surface area contributed by atoms with Gasteiger partial charge in [0.1, 0.15) is 6.61 Å². The second-order valence-electron chi connectivity index (χ2n) is 4.10. The summed E-state index contributed by atoms with van der Waals surface area (Å²) in [5, 5.41) is 0. The third kappa shape index (κ3) is 3.44. The summed E-state index contributed by atoms with van der Waals surface area (Å²) in [6.45, 7) is -0.144. The molecule has 0 aliphatic rings. The van der Waals surface area contributed by atoms with Gasteiger partial charge in [-0.15, -0.1) is 0 Å². The van der Waals surface area contributed by atoms with E-state index in [1.165, 1.54) is 7.11 Å². The highest BCUT2D eigenvalue weighted by Gasteiger charge is 2.16. The molecule has 21 heavy (non-hydrogen) atoms. The second kappa shape index (κ2) is 6.17. The quantitative estimate of drug-likeness (QED) is 0.692. The predicted molar refractivity (Wildman–Crippen MR) is 70.7 cm³/mol. The first kappa shape index (κ1) is 14.7. The normalized spacial score (nSPS) is 10.2. The summed E-state index contributed by atoms with van der Waals surface area (Å²) >= 11 is 0. The number of pyridine rings is 1. The smallest absolute Gasteiger partial charge is 0.340 e. The van der Waals surface area contributed by atoms with Crippen LogP contribution in [0.15, 0.2) is 30.3 Å². The molecule has 0 radical (unpaired) electrons. The van der Waals surface area contributed by atoms with Gasteiger partial charge in [0.25, 0.3) is 0 Å². The van der Waals surface area contributed by atoms with Crippen LogP contribution in [0.5, 0.6) is 5.88 Å². The molecule has 1 aromatic carbocycles. The molecule has 110 valence electrons. The minimum atomic E-state index is -1.17. The largest absolute Gasteiger partial charge is 0.481 e. The lowest BCUT2D eigenvalue weighted by atomic mass is 10.1. The lowest BCUT2D eigenvalue weighted by Crippen LogP contribution is -2.10. The SMILES string of the molecule is COc1cccc(COC(=O)c2cc(F)c(F)cc2N)n1. The van der Waals surface area contributed by atoms with E-state index in [1.54, 1.807) is 18.2 Å². The molecule has 5 nitrogen and oxygen atoms in total. The van der Waals surface area contributed by atoms with Crippen LogP contribution in [-0.2, 0) is 11.3 Å². The number of ether oxygens (including phenoxy) is 2. The van der Waals surface area contributed by atoms with Gasteiger partial charge in [-0.05, 0) is 12.1 Å². The van der Waals surface area contributed by atoms with Crippen molar-refractivity contribution < 1.29 is 23.0 Å². The average molecular weight is 294 g/mol. The van der Waals surface area contributed by atoms with E-state index in [0.717, 1.165) is 6.07 Å². The zero-order valence-corrected chi connectivity index (χ0v) is 11.1. The highest BCUT2D eigenvalue weighted by Crippen LogP contribution is 2.18. The Morgan fingerprint density at radius 3 is 2.71 bits per heavy atom. The van der Waals surface area contributed by atoms with Gasteiger partial charge in [-0.1, -0.05) is 6.07 Å². The first-order valence-electron chi connectivity index (χ1n) is 5.93. The molecular weight excluding hydrogens is 282 g/mol. The van der Waals surface area contributed by atoms with E-state index in [9.17, 15) is 13.6 Å². The maximum atomic E-state index is 13.1. The van der Waals surface area contributed by atoms with E-state index < -0.39 is 17.6 Å². The summed E-state index contributed by atoms with van der Waals surface area (Å²) in [5.41, 5.74) is 5.47. The van der Waals surface area contributed by atoms with E-state index in [4.69, 9.17) is 15.2 Å². The fourth-order valence-corrected chi connectivity index (χ4v) is 1.61. The Kier molecular flexibility index (Phi) is 4.32. The highest BCUT2D eigenvalue weighted by atomic mass is 19.2. The van der Waals surface area contributed by atoms with Crippen molar-refractivity contribution in [3.8, 4) is 5.88 Å². The van der Waals surface area contributed by atoms with Crippen molar-refractivity contribution in [3.63, 3.8) is 0 Å². The Labute approximate surface area is 119 Å². The molecule has 0 aliphatic heterocycles. The Hall–Kier alpha value is -2.70. The number of nitrogens with zero attached hydrogens (tertiary/aromatic N) is 1. The van der Waals surface area contributed by atoms with Gasteiger partial charge in [-0.2, -0.15) is 0 Å². The molecule has 2 rings (SSSR count). The van der Waals surface area contributed by atoms with Gasteiger partial charge in [0.05, 0.1) is 18.4 Å². The molecule has 0 saturated carbocycles. The zero-order valence-electron chi connectivity index (χ0n) is 11.1. The second-order valence-corrected chi connectivity index (χ2v) is 4.10. The van der Waals surface area contributed by atoms with E-state index in [-0.39, 0.29) is 17.9 Å². The Morgan fingerprint density at radius 2 is 2.00 bits per heavy atom. The fourth-order valence-electron chi connectivity index (χ4n) is 1.61. The van der Waals surface area contributed by atoms with Crippen molar-refractivity contribution in [2.24, 2.45) is 0 Å². The number of nitrogen functional groups attached to an aromatic ring is 1. The van der Waals surface area contributed by atoms with Gasteiger partial charge >= 0.3 is 5.97 Å². The molecule has 0 amide bonds. The van der Waals surface area contributed by atoms with Gasteiger partial charge < -0.3 is 15.2 Å². The molecular formula is C14H12F2N2O3. The van der Waals surface area contributed by atoms with Gasteiger partial charge in [0.2, 0.25) is 5.88 Å². The molecule has 2 N–H and O–H groups in total. The average Bonchev–Trinajstić information content (AvgIpc) is 2.48. The number of carbonyl (C=O) groups is 1. The van der Waals surface area contributed by atoms with Gasteiger partial charge in [0, 0.05) is 17.8 Å². The molecule has 0 aliphatic carbocycles. The number of rotatable bonds is 4. The van der Waals surface area contributed by atoms with Crippen molar-refractivity contribution in [2.75, 3.05) is 12.8 Å². The number of halogens is 2. The maximum Gasteiger partial charge on any atom is 0.340 e. The number of esters is 1. The van der Waals surface area contributed by atoms with E-state index in [2.05, 4.69) is 4.98 Å². The number of nitrogens with two attached hydrogens (primary N) is 1. The third-order valence-electron chi connectivity index (χ3n) is 2.65. The van der Waals surface area contributed by atoms with Crippen LogP contribution >= 0.6 is 0 Å². The van der Waals surface area contributed by atoms with E-state index in [0.29, 0.717) is 17.6 Å². The number of carbonyl (C=O) groups excluding carboxylic acids is 1. The molecule has 2 aromatic rings. The van der Waals surface area contributed by atoms with Crippen molar-refractivity contribution in [1.29, 1.82) is 0 Å². The standard InChI is InChI=1S/C14H12F2N2O3/c1-20-13-4-2-3-8(18-13)7-21-14(19)9-5-10(15)11(16)6-12(9)17/h2-6H,7,17H2,1H3. The number of benzene rings is 1. The van der Waals surface area contributed by atoms with Crippen LogP contribution in [-0.4, -0.2) is 18.1 Å². The summed E-state index contributed by atoms with van der Waals surface area (Å²) < 4.78 is 35.9. The van der Waals surface area contributed by atoms with E-state index in [1.807, 2.05) is 0 Å². The van der Waals surface area contributed by atoms with Crippen molar-refractivity contribution in [3.05, 3.63) is 53.2 Å². The number of methoxy groups -OCH3 is 1. The lowest BCUT2D eigenvalue weighted by molar-refractivity contribution is 0.0467. The Morgan fingerprint density at radius 1 is 1.29 bits per heavy atom. The predicted octanol–water partition coefficient (Wildman–Crippen LogP) is 2.31. The molecule has 0 fully saturated rings.